The Bertz CT molecular complexity index is 796. The first kappa shape index (κ1) is 14.9. The molecule has 23 heavy (non-hydrogen) atoms. The van der Waals surface area contributed by atoms with Gasteiger partial charge in [0.1, 0.15) is 12.0 Å². The molecule has 0 spiro atoms. The summed E-state index contributed by atoms with van der Waals surface area (Å²) in [6.07, 6.45) is 2.98. The number of halogens is 1. The number of pyridine rings is 1. The van der Waals surface area contributed by atoms with Gasteiger partial charge in [0, 0.05) is 23.9 Å². The highest BCUT2D eigenvalue weighted by Crippen LogP contribution is 2.24. The Labute approximate surface area is 133 Å². The van der Waals surface area contributed by atoms with Gasteiger partial charge in [0.05, 0.1) is 7.11 Å². The fraction of sp³-hybridized carbons (Fsp3) is 0.118. The van der Waals surface area contributed by atoms with Crippen LogP contribution in [0.3, 0.4) is 0 Å². The second-order valence-corrected chi connectivity index (χ2v) is 4.78. The second-order valence-electron chi connectivity index (χ2n) is 4.78. The van der Waals surface area contributed by atoms with Gasteiger partial charge in [-0.2, -0.15) is 0 Å². The van der Waals surface area contributed by atoms with E-state index in [0.29, 0.717) is 18.0 Å². The Balaban J connectivity index is 1.84. The molecule has 0 aliphatic carbocycles. The van der Waals surface area contributed by atoms with E-state index in [1.54, 1.807) is 31.5 Å². The lowest BCUT2D eigenvalue weighted by Crippen LogP contribution is -2.07. The maximum atomic E-state index is 14.6. The molecule has 2 aromatic heterocycles. The average molecular weight is 310 g/mol. The minimum absolute atomic E-state index is 0.143. The van der Waals surface area contributed by atoms with Crippen molar-refractivity contribution in [2.75, 3.05) is 12.4 Å². The zero-order chi connectivity index (χ0) is 16.1. The number of anilines is 1. The van der Waals surface area contributed by atoms with Gasteiger partial charge in [-0.1, -0.05) is 36.4 Å². The first-order chi connectivity index (χ1) is 11.3. The number of methoxy groups -OCH3 is 1. The Morgan fingerprint density at radius 1 is 1.04 bits per heavy atom. The molecule has 1 aromatic carbocycles. The number of ether oxygens (including phenoxy) is 1. The third kappa shape index (κ3) is 3.26. The molecule has 0 atom stereocenters. The van der Waals surface area contributed by atoms with Gasteiger partial charge in [0.2, 0.25) is 5.88 Å². The van der Waals surface area contributed by atoms with Crippen LogP contribution in [0.5, 0.6) is 5.88 Å². The summed E-state index contributed by atoms with van der Waals surface area (Å²) in [7, 11) is 1.55. The average Bonchev–Trinajstić information content (AvgIpc) is 2.62. The zero-order valence-corrected chi connectivity index (χ0v) is 12.5. The maximum absolute atomic E-state index is 14.6. The molecular formula is C17H15FN4O. The van der Waals surface area contributed by atoms with E-state index in [1.807, 2.05) is 24.3 Å². The molecule has 5 nitrogen and oxygen atoms in total. The highest BCUT2D eigenvalue weighted by molar-refractivity contribution is 5.63. The van der Waals surface area contributed by atoms with Gasteiger partial charge in [-0.15, -0.1) is 0 Å². The van der Waals surface area contributed by atoms with Crippen molar-refractivity contribution in [2.24, 2.45) is 0 Å². The monoisotopic (exact) mass is 310 g/mol. The molecule has 0 saturated carbocycles. The molecule has 1 N–H and O–H groups in total. The molecule has 0 fully saturated rings. The zero-order valence-electron chi connectivity index (χ0n) is 12.5. The summed E-state index contributed by atoms with van der Waals surface area (Å²) in [6.45, 7) is 0.346. The summed E-state index contributed by atoms with van der Waals surface area (Å²) in [5.74, 6) is 0.157. The van der Waals surface area contributed by atoms with Gasteiger partial charge < -0.3 is 10.1 Å². The van der Waals surface area contributed by atoms with Gasteiger partial charge in [0.25, 0.3) is 0 Å². The topological polar surface area (TPSA) is 59.9 Å². The largest absolute Gasteiger partial charge is 0.481 e. The van der Waals surface area contributed by atoms with Crippen molar-refractivity contribution in [1.82, 2.24) is 15.0 Å². The molecule has 0 radical (unpaired) electrons. The van der Waals surface area contributed by atoms with Crippen molar-refractivity contribution < 1.29 is 9.13 Å². The third-order valence-electron chi connectivity index (χ3n) is 3.33. The molecular weight excluding hydrogens is 295 g/mol. The number of hydrogen-bond acceptors (Lipinski definition) is 5. The van der Waals surface area contributed by atoms with Crippen LogP contribution in [0.15, 0.2) is 55.0 Å². The van der Waals surface area contributed by atoms with Crippen LogP contribution < -0.4 is 10.1 Å². The Morgan fingerprint density at radius 3 is 2.65 bits per heavy atom. The molecule has 0 bridgehead atoms. The lowest BCUT2D eigenvalue weighted by molar-refractivity contribution is 0.393. The van der Waals surface area contributed by atoms with Crippen molar-refractivity contribution in [3.63, 3.8) is 0 Å². The van der Waals surface area contributed by atoms with Crippen molar-refractivity contribution in [1.29, 1.82) is 0 Å². The van der Waals surface area contributed by atoms with Crippen LogP contribution in [0.1, 0.15) is 5.56 Å². The van der Waals surface area contributed by atoms with E-state index in [0.717, 1.165) is 5.56 Å². The first-order valence-electron chi connectivity index (χ1n) is 7.07. The molecule has 0 aliphatic rings. The minimum atomic E-state index is -0.485. The van der Waals surface area contributed by atoms with Crippen LogP contribution in [0.25, 0.3) is 11.3 Å². The minimum Gasteiger partial charge on any atom is -0.481 e. The van der Waals surface area contributed by atoms with E-state index in [-0.39, 0.29) is 11.5 Å². The Hall–Kier alpha value is -3.02. The van der Waals surface area contributed by atoms with Crippen LogP contribution >= 0.6 is 0 Å². The van der Waals surface area contributed by atoms with E-state index in [9.17, 15) is 4.39 Å². The fourth-order valence-corrected chi connectivity index (χ4v) is 2.21. The van der Waals surface area contributed by atoms with Crippen LogP contribution in [0.4, 0.5) is 10.2 Å². The second kappa shape index (κ2) is 6.83. The lowest BCUT2D eigenvalue weighted by atomic mass is 10.1. The van der Waals surface area contributed by atoms with Crippen LogP contribution in [0.2, 0.25) is 0 Å². The summed E-state index contributed by atoms with van der Waals surface area (Å²) in [6, 6.07) is 12.8. The first-order valence-corrected chi connectivity index (χ1v) is 7.07. The normalized spacial score (nSPS) is 10.3. The third-order valence-corrected chi connectivity index (χ3v) is 3.33. The van der Waals surface area contributed by atoms with Crippen molar-refractivity contribution in [3.8, 4) is 17.1 Å². The molecule has 6 heteroatoms. The predicted octanol–water partition coefficient (Wildman–Crippen LogP) is 3.30. The quantitative estimate of drug-likeness (QED) is 0.783. The Kier molecular flexibility index (Phi) is 4.42. The number of nitrogens with zero attached hydrogens (tertiary/aromatic N) is 3. The summed E-state index contributed by atoms with van der Waals surface area (Å²) in [5, 5.41) is 2.97. The van der Waals surface area contributed by atoms with Crippen LogP contribution in [-0.4, -0.2) is 22.1 Å². The predicted molar refractivity (Wildman–Crippen MR) is 85.5 cm³/mol. The van der Waals surface area contributed by atoms with Gasteiger partial charge in [-0.3, -0.25) is 0 Å². The van der Waals surface area contributed by atoms with E-state index in [1.165, 1.54) is 6.33 Å². The van der Waals surface area contributed by atoms with Crippen LogP contribution in [0, 0.1) is 5.82 Å². The molecule has 3 rings (SSSR count). The lowest BCUT2D eigenvalue weighted by Gasteiger charge is -2.11. The highest BCUT2D eigenvalue weighted by atomic mass is 19.1. The number of nitrogens with one attached hydrogen (secondary N) is 1. The van der Waals surface area contributed by atoms with E-state index < -0.39 is 5.82 Å². The van der Waals surface area contributed by atoms with Gasteiger partial charge in [-0.25, -0.2) is 19.3 Å². The summed E-state index contributed by atoms with van der Waals surface area (Å²) in [4.78, 5) is 12.1. The van der Waals surface area contributed by atoms with Crippen molar-refractivity contribution >= 4 is 5.82 Å². The van der Waals surface area contributed by atoms with Gasteiger partial charge in [-0.05, 0) is 6.07 Å². The molecule has 0 amide bonds. The Morgan fingerprint density at radius 2 is 1.87 bits per heavy atom. The number of hydrogen-bond donors (Lipinski definition) is 1. The summed E-state index contributed by atoms with van der Waals surface area (Å²) >= 11 is 0. The smallest absolute Gasteiger partial charge is 0.218 e. The number of benzene rings is 1. The molecule has 0 saturated heterocycles. The SMILES string of the molecule is COc1ncccc1CNc1ncnc(-c2ccccc2)c1F. The standard InChI is InChI=1S/C17H15FN4O/c1-23-17-13(8-5-9-19-17)10-20-16-14(18)15(21-11-22-16)12-6-3-2-4-7-12/h2-9,11H,10H2,1H3,(H,20,21,22). The molecule has 3 aromatic rings. The molecule has 0 aliphatic heterocycles. The molecule has 2 heterocycles. The van der Waals surface area contributed by atoms with E-state index in [4.69, 9.17) is 4.74 Å². The van der Waals surface area contributed by atoms with E-state index >= 15 is 0 Å². The number of aromatic nitrogens is 3. The highest BCUT2D eigenvalue weighted by Gasteiger charge is 2.13. The van der Waals surface area contributed by atoms with Gasteiger partial charge in [0.15, 0.2) is 11.6 Å². The molecule has 116 valence electrons. The van der Waals surface area contributed by atoms with Crippen molar-refractivity contribution in [2.45, 2.75) is 6.54 Å². The maximum Gasteiger partial charge on any atom is 0.218 e. The van der Waals surface area contributed by atoms with Gasteiger partial charge >= 0.3 is 0 Å². The fourth-order valence-electron chi connectivity index (χ4n) is 2.21. The number of rotatable bonds is 5. The van der Waals surface area contributed by atoms with Crippen LogP contribution in [-0.2, 0) is 6.54 Å². The van der Waals surface area contributed by atoms with E-state index in [2.05, 4.69) is 20.3 Å². The van der Waals surface area contributed by atoms with Crippen molar-refractivity contribution in [3.05, 3.63) is 66.4 Å². The molecule has 0 unspecified atom stereocenters. The summed E-state index contributed by atoms with van der Waals surface area (Å²) < 4.78 is 19.8. The summed E-state index contributed by atoms with van der Waals surface area (Å²) in [5.41, 5.74) is 1.78.